The molecule has 3 aromatic carbocycles. The van der Waals surface area contributed by atoms with Gasteiger partial charge in [-0.1, -0.05) is 42.5 Å². The fraction of sp³-hybridized carbons (Fsp3) is 0.0833. The van der Waals surface area contributed by atoms with Gasteiger partial charge in [0.15, 0.2) is 0 Å². The molecule has 0 bridgehead atoms. The van der Waals surface area contributed by atoms with E-state index in [1.54, 1.807) is 19.1 Å². The maximum atomic E-state index is 13.4. The zero-order valence-electron chi connectivity index (χ0n) is 17.7. The first kappa shape index (κ1) is 22.4. The van der Waals surface area contributed by atoms with Gasteiger partial charge in [0.2, 0.25) is 10.0 Å². The molecular weight excluding hydrogens is 443 g/mol. The third-order valence-electron chi connectivity index (χ3n) is 5.15. The second kappa shape index (κ2) is 8.97. The molecule has 0 amide bonds. The molecule has 0 saturated heterocycles. The van der Waals surface area contributed by atoms with Crippen molar-refractivity contribution >= 4 is 15.7 Å². The second-order valence-corrected chi connectivity index (χ2v) is 9.00. The van der Waals surface area contributed by atoms with Crippen LogP contribution in [0.25, 0.3) is 16.9 Å². The van der Waals surface area contributed by atoms with Gasteiger partial charge in [0, 0.05) is 11.3 Å². The van der Waals surface area contributed by atoms with E-state index in [1.807, 2.05) is 30.3 Å². The largest absolute Gasteiger partial charge is 0.290 e. The Labute approximate surface area is 190 Å². The highest BCUT2D eigenvalue weighted by Gasteiger charge is 2.19. The summed E-state index contributed by atoms with van der Waals surface area (Å²) in [7, 11) is -3.77. The number of hydrogen-bond donors (Lipinski definition) is 2. The van der Waals surface area contributed by atoms with Crippen LogP contribution in [0.2, 0.25) is 0 Å². The molecule has 9 heteroatoms. The second-order valence-electron chi connectivity index (χ2n) is 7.44. The number of hydrogen-bond acceptors (Lipinski definition) is 4. The minimum Gasteiger partial charge on any atom is -0.290 e. The van der Waals surface area contributed by atoms with Crippen molar-refractivity contribution in [1.82, 2.24) is 9.78 Å². The monoisotopic (exact) mass is 464 g/mol. The average Bonchev–Trinajstić information content (AvgIpc) is 3.15. The number of aromatic amines is 1. The van der Waals surface area contributed by atoms with E-state index < -0.39 is 15.8 Å². The number of aromatic nitrogens is 2. The third-order valence-corrected chi connectivity index (χ3v) is 6.08. The van der Waals surface area contributed by atoms with Crippen molar-refractivity contribution in [2.24, 2.45) is 10.1 Å². The number of sulfonamides is 1. The molecule has 0 aliphatic rings. The van der Waals surface area contributed by atoms with E-state index in [-0.39, 0.29) is 17.0 Å². The molecule has 168 valence electrons. The number of halogens is 1. The van der Waals surface area contributed by atoms with Gasteiger partial charge < -0.3 is 0 Å². The van der Waals surface area contributed by atoms with Crippen LogP contribution in [0.5, 0.6) is 0 Å². The van der Waals surface area contributed by atoms with Gasteiger partial charge in [-0.25, -0.2) is 22.6 Å². The lowest BCUT2D eigenvalue weighted by Crippen LogP contribution is -2.19. The lowest BCUT2D eigenvalue weighted by atomic mass is 10.1. The minimum atomic E-state index is -3.77. The summed E-state index contributed by atoms with van der Waals surface area (Å²) in [5.74, 6) is -0.395. The molecule has 7 nitrogen and oxygen atoms in total. The number of nitrogens with one attached hydrogen (secondary N) is 1. The highest BCUT2D eigenvalue weighted by molar-refractivity contribution is 7.89. The van der Waals surface area contributed by atoms with E-state index >= 15 is 0 Å². The molecule has 33 heavy (non-hydrogen) atoms. The molecule has 4 rings (SSSR count). The van der Waals surface area contributed by atoms with Gasteiger partial charge in [-0.05, 0) is 48.9 Å². The van der Waals surface area contributed by atoms with Crippen molar-refractivity contribution in [3.05, 3.63) is 106 Å². The van der Waals surface area contributed by atoms with Crippen molar-refractivity contribution in [2.75, 3.05) is 0 Å². The molecule has 0 unspecified atom stereocenters. The zero-order chi connectivity index (χ0) is 23.6. The molecule has 0 aliphatic heterocycles. The van der Waals surface area contributed by atoms with Crippen molar-refractivity contribution in [3.63, 3.8) is 0 Å². The summed E-state index contributed by atoms with van der Waals surface area (Å²) < 4.78 is 37.6. The lowest BCUT2D eigenvalue weighted by Gasteiger charge is -2.04. The van der Waals surface area contributed by atoms with E-state index in [2.05, 4.69) is 10.1 Å². The number of primary sulfonamides is 1. The molecule has 3 N–H and O–H groups in total. The van der Waals surface area contributed by atoms with E-state index in [4.69, 9.17) is 5.14 Å². The average molecular weight is 465 g/mol. The van der Waals surface area contributed by atoms with Gasteiger partial charge in [0.1, 0.15) is 5.82 Å². The molecule has 0 spiro atoms. The Morgan fingerprint density at radius 3 is 2.24 bits per heavy atom. The van der Waals surface area contributed by atoms with Crippen molar-refractivity contribution in [3.8, 4) is 16.9 Å². The van der Waals surface area contributed by atoms with E-state index in [1.165, 1.54) is 41.1 Å². The first-order chi connectivity index (χ1) is 15.7. The normalized spacial score (nSPS) is 12.2. The van der Waals surface area contributed by atoms with Gasteiger partial charge in [-0.3, -0.25) is 14.9 Å². The van der Waals surface area contributed by atoms with Gasteiger partial charge in [0.05, 0.1) is 28.4 Å². The lowest BCUT2D eigenvalue weighted by molar-refractivity contribution is 0.597. The summed E-state index contributed by atoms with van der Waals surface area (Å²) in [5.41, 5.74) is 3.24. The van der Waals surface area contributed by atoms with Crippen molar-refractivity contribution in [1.29, 1.82) is 0 Å². The highest BCUT2D eigenvalue weighted by atomic mass is 32.2. The number of nitrogens with two attached hydrogens (primary N) is 1. The predicted molar refractivity (Wildman–Crippen MR) is 126 cm³/mol. The van der Waals surface area contributed by atoms with Crippen LogP contribution < -0.4 is 10.7 Å². The fourth-order valence-electron chi connectivity index (χ4n) is 3.43. The maximum absolute atomic E-state index is 13.4. The summed E-state index contributed by atoms with van der Waals surface area (Å²) in [6, 6.07) is 21.1. The van der Waals surface area contributed by atoms with E-state index in [0.29, 0.717) is 22.7 Å². The van der Waals surface area contributed by atoms with Crippen molar-refractivity contribution in [2.45, 2.75) is 18.4 Å². The van der Waals surface area contributed by atoms with Crippen LogP contribution in [0.3, 0.4) is 0 Å². The van der Waals surface area contributed by atoms with Crippen LogP contribution in [0, 0.1) is 5.82 Å². The zero-order valence-corrected chi connectivity index (χ0v) is 18.5. The van der Waals surface area contributed by atoms with Crippen LogP contribution in [0.4, 0.5) is 4.39 Å². The number of H-pyrrole nitrogens is 1. The first-order valence-electron chi connectivity index (χ1n) is 10.0. The predicted octanol–water partition coefficient (Wildman–Crippen LogP) is 3.63. The third kappa shape index (κ3) is 4.84. The van der Waals surface area contributed by atoms with Gasteiger partial charge in [0.25, 0.3) is 5.56 Å². The quantitative estimate of drug-likeness (QED) is 0.425. The van der Waals surface area contributed by atoms with Gasteiger partial charge >= 0.3 is 0 Å². The summed E-state index contributed by atoms with van der Waals surface area (Å²) >= 11 is 0. The fourth-order valence-corrected chi connectivity index (χ4v) is 3.95. The Hall–Kier alpha value is -3.82. The van der Waals surface area contributed by atoms with Crippen LogP contribution in [-0.4, -0.2) is 23.9 Å². The highest BCUT2D eigenvalue weighted by Crippen LogP contribution is 2.22. The molecule has 0 radical (unpaired) electrons. The van der Waals surface area contributed by atoms with E-state index in [9.17, 15) is 17.6 Å². The van der Waals surface area contributed by atoms with Gasteiger partial charge in [-0.15, -0.1) is 0 Å². The standard InChI is InChI=1S/C24H21FN4O3S/c1-16(27-15-17-7-13-21(14-8-17)33(26,31)32)22-23(18-5-3-2-4-6-18)28-29(24(22)30)20-11-9-19(25)10-12-20/h2-14,28H,15H2,1H3,(H2,26,31,32). The molecular formula is C24H21FN4O3S. The van der Waals surface area contributed by atoms with E-state index in [0.717, 1.165) is 11.1 Å². The minimum absolute atomic E-state index is 0.0196. The molecule has 0 saturated carbocycles. The summed E-state index contributed by atoms with van der Waals surface area (Å²) in [6.45, 7) is 1.98. The molecule has 0 fully saturated rings. The number of benzene rings is 3. The molecule has 4 aromatic rings. The Morgan fingerprint density at radius 1 is 1.00 bits per heavy atom. The number of aliphatic imine (C=N–C) groups is 1. The Balaban J connectivity index is 1.75. The smallest absolute Gasteiger partial charge is 0.280 e. The first-order valence-corrected chi connectivity index (χ1v) is 11.6. The van der Waals surface area contributed by atoms with Crippen LogP contribution in [0.15, 0.2) is 93.5 Å². The topological polar surface area (TPSA) is 110 Å². The SMILES string of the molecule is CC(=NCc1ccc(S(N)(=O)=O)cc1)c1c(-c2ccccc2)[nH]n(-c2ccc(F)cc2)c1=O. The molecule has 1 aromatic heterocycles. The molecule has 1 heterocycles. The number of rotatable bonds is 6. The summed E-state index contributed by atoms with van der Waals surface area (Å²) in [5, 5.41) is 8.26. The summed E-state index contributed by atoms with van der Waals surface area (Å²) in [4.78, 5) is 17.9. The number of nitrogens with zero attached hydrogens (tertiary/aromatic N) is 2. The summed E-state index contributed by atoms with van der Waals surface area (Å²) in [6.07, 6.45) is 0. The Morgan fingerprint density at radius 2 is 1.64 bits per heavy atom. The Bertz CT molecular complexity index is 1470. The molecule has 0 atom stereocenters. The van der Waals surface area contributed by atoms with Gasteiger partial charge in [-0.2, -0.15) is 0 Å². The van der Waals surface area contributed by atoms with Crippen molar-refractivity contribution < 1.29 is 12.8 Å². The van der Waals surface area contributed by atoms with Crippen LogP contribution in [-0.2, 0) is 16.6 Å². The molecule has 0 aliphatic carbocycles. The van der Waals surface area contributed by atoms with Crippen LogP contribution >= 0.6 is 0 Å². The van der Waals surface area contributed by atoms with Crippen LogP contribution in [0.1, 0.15) is 18.1 Å². The Kier molecular flexibility index (Phi) is 6.08. The maximum Gasteiger partial charge on any atom is 0.280 e.